The van der Waals surface area contributed by atoms with E-state index in [1.54, 1.807) is 13.3 Å². The number of carbonyl (C=O) groups excluding carboxylic acids is 1. The van der Waals surface area contributed by atoms with Crippen molar-refractivity contribution in [3.05, 3.63) is 23.9 Å². The van der Waals surface area contributed by atoms with E-state index >= 15 is 0 Å². The number of nitrogens with zero attached hydrogens (tertiary/aromatic N) is 2. The lowest BCUT2D eigenvalue weighted by Crippen LogP contribution is -2.25. The number of methoxy groups -OCH3 is 1. The molecule has 1 aliphatic rings. The van der Waals surface area contributed by atoms with E-state index in [0.717, 1.165) is 17.9 Å². The Bertz CT molecular complexity index is 411. The zero-order chi connectivity index (χ0) is 12.3. The fraction of sp³-hybridized carbons (Fsp3) is 0.500. The van der Waals surface area contributed by atoms with Gasteiger partial charge in [-0.3, -0.25) is 4.79 Å². The lowest BCUT2D eigenvalue weighted by molar-refractivity contribution is -0.128. The summed E-state index contributed by atoms with van der Waals surface area (Å²) >= 11 is 4.25. The Morgan fingerprint density at radius 2 is 2.47 bits per heavy atom. The second kappa shape index (κ2) is 5.40. The molecule has 17 heavy (non-hydrogen) atoms. The largest absolute Gasteiger partial charge is 0.481 e. The average molecular weight is 252 g/mol. The molecule has 0 bridgehead atoms. The Hall–Kier alpha value is -1.23. The van der Waals surface area contributed by atoms with Crippen LogP contribution in [0.4, 0.5) is 0 Å². The van der Waals surface area contributed by atoms with E-state index < -0.39 is 0 Å². The second-order valence-electron chi connectivity index (χ2n) is 4.20. The number of carbonyl (C=O) groups is 1. The van der Waals surface area contributed by atoms with E-state index in [-0.39, 0.29) is 5.91 Å². The lowest BCUT2D eigenvalue weighted by Gasteiger charge is -2.17. The third kappa shape index (κ3) is 2.72. The van der Waals surface area contributed by atoms with E-state index in [1.165, 1.54) is 0 Å². The van der Waals surface area contributed by atoms with Crippen LogP contribution in [0.2, 0.25) is 0 Å². The number of hydrogen-bond donors (Lipinski definition) is 1. The van der Waals surface area contributed by atoms with E-state index in [1.807, 2.05) is 17.0 Å². The maximum absolute atomic E-state index is 11.8. The maximum atomic E-state index is 11.8. The molecule has 0 N–H and O–H groups in total. The molecule has 1 amide bonds. The average Bonchev–Trinajstić information content (AvgIpc) is 2.71. The molecule has 0 spiro atoms. The standard InChI is InChI=1S/C12H16N2O2S/c1-16-12-10(3-2-4-13-12)7-14-6-9(8-17)5-11(14)15/h2-4,9,17H,5-8H2,1H3. The van der Waals surface area contributed by atoms with Gasteiger partial charge in [-0.1, -0.05) is 6.07 Å². The van der Waals surface area contributed by atoms with Gasteiger partial charge in [0.15, 0.2) is 0 Å². The predicted octanol–water partition coefficient (Wildman–Crippen LogP) is 1.37. The molecule has 2 heterocycles. The monoisotopic (exact) mass is 252 g/mol. The molecule has 0 aliphatic carbocycles. The van der Waals surface area contributed by atoms with Gasteiger partial charge in [0, 0.05) is 24.7 Å². The summed E-state index contributed by atoms with van der Waals surface area (Å²) in [4.78, 5) is 17.8. The molecule has 92 valence electrons. The fourth-order valence-corrected chi connectivity index (χ4v) is 2.31. The number of amides is 1. The number of rotatable bonds is 4. The molecule has 4 nitrogen and oxygen atoms in total. The molecule has 0 radical (unpaired) electrons. The molecule has 1 saturated heterocycles. The third-order valence-electron chi connectivity index (χ3n) is 2.96. The zero-order valence-corrected chi connectivity index (χ0v) is 10.7. The molecule has 5 heteroatoms. The van der Waals surface area contributed by atoms with Gasteiger partial charge in [0.05, 0.1) is 13.7 Å². The van der Waals surface area contributed by atoms with Gasteiger partial charge in [-0.05, 0) is 17.7 Å². The van der Waals surface area contributed by atoms with Crippen LogP contribution in [0.15, 0.2) is 18.3 Å². The molecule has 1 unspecified atom stereocenters. The minimum atomic E-state index is 0.190. The zero-order valence-electron chi connectivity index (χ0n) is 9.80. The van der Waals surface area contributed by atoms with Crippen molar-refractivity contribution in [1.82, 2.24) is 9.88 Å². The highest BCUT2D eigenvalue weighted by Crippen LogP contribution is 2.23. The van der Waals surface area contributed by atoms with Crippen LogP contribution < -0.4 is 4.74 Å². The summed E-state index contributed by atoms with van der Waals surface area (Å²) in [6.45, 7) is 1.35. The Kier molecular flexibility index (Phi) is 3.89. The predicted molar refractivity (Wildman–Crippen MR) is 68.2 cm³/mol. The van der Waals surface area contributed by atoms with Crippen LogP contribution in [0.5, 0.6) is 5.88 Å². The first kappa shape index (κ1) is 12.2. The maximum Gasteiger partial charge on any atom is 0.223 e. The van der Waals surface area contributed by atoms with E-state index in [2.05, 4.69) is 17.6 Å². The normalized spacial score (nSPS) is 19.8. The van der Waals surface area contributed by atoms with Gasteiger partial charge < -0.3 is 9.64 Å². The van der Waals surface area contributed by atoms with Crippen molar-refractivity contribution in [2.45, 2.75) is 13.0 Å². The van der Waals surface area contributed by atoms with Crippen LogP contribution in [0.25, 0.3) is 0 Å². The minimum absolute atomic E-state index is 0.190. The summed E-state index contributed by atoms with van der Waals surface area (Å²) in [6.07, 6.45) is 2.29. The van der Waals surface area contributed by atoms with Crippen molar-refractivity contribution in [3.8, 4) is 5.88 Å². The Morgan fingerprint density at radius 3 is 3.12 bits per heavy atom. The van der Waals surface area contributed by atoms with E-state index in [9.17, 15) is 4.79 Å². The molecule has 1 fully saturated rings. The van der Waals surface area contributed by atoms with Crippen LogP contribution in [-0.2, 0) is 11.3 Å². The highest BCUT2D eigenvalue weighted by atomic mass is 32.1. The summed E-state index contributed by atoms with van der Waals surface area (Å²) in [5, 5.41) is 0. The quantitative estimate of drug-likeness (QED) is 0.823. The fourth-order valence-electron chi connectivity index (χ4n) is 2.06. The molecular weight excluding hydrogens is 236 g/mol. The van der Waals surface area contributed by atoms with E-state index in [4.69, 9.17) is 4.74 Å². The summed E-state index contributed by atoms with van der Waals surface area (Å²) in [6, 6.07) is 3.79. The van der Waals surface area contributed by atoms with Gasteiger partial charge in [-0.25, -0.2) is 4.98 Å². The molecule has 1 aromatic rings. The number of pyridine rings is 1. The Morgan fingerprint density at radius 1 is 1.65 bits per heavy atom. The molecule has 1 aromatic heterocycles. The molecule has 0 aromatic carbocycles. The first-order valence-corrected chi connectivity index (χ1v) is 6.24. The van der Waals surface area contributed by atoms with Crippen LogP contribution >= 0.6 is 12.6 Å². The molecule has 1 atom stereocenters. The van der Waals surface area contributed by atoms with Gasteiger partial charge >= 0.3 is 0 Å². The lowest BCUT2D eigenvalue weighted by atomic mass is 10.1. The highest BCUT2D eigenvalue weighted by Gasteiger charge is 2.29. The van der Waals surface area contributed by atoms with Gasteiger partial charge in [-0.2, -0.15) is 12.6 Å². The highest BCUT2D eigenvalue weighted by molar-refractivity contribution is 7.80. The van der Waals surface area contributed by atoms with Crippen molar-refractivity contribution in [3.63, 3.8) is 0 Å². The SMILES string of the molecule is COc1ncccc1CN1CC(CS)CC1=O. The van der Waals surface area contributed by atoms with E-state index in [0.29, 0.717) is 24.8 Å². The number of hydrogen-bond acceptors (Lipinski definition) is 4. The van der Waals surface area contributed by atoms with Gasteiger partial charge in [0.1, 0.15) is 0 Å². The summed E-state index contributed by atoms with van der Waals surface area (Å²) in [5.41, 5.74) is 0.947. The number of likely N-dealkylation sites (tertiary alicyclic amines) is 1. The van der Waals surface area contributed by atoms with Crippen LogP contribution in [0, 0.1) is 5.92 Å². The topological polar surface area (TPSA) is 42.4 Å². The van der Waals surface area contributed by atoms with Gasteiger partial charge in [0.25, 0.3) is 0 Å². The van der Waals surface area contributed by atoms with Crippen molar-refractivity contribution in [1.29, 1.82) is 0 Å². The van der Waals surface area contributed by atoms with Crippen molar-refractivity contribution < 1.29 is 9.53 Å². The number of aromatic nitrogens is 1. The van der Waals surface area contributed by atoms with Gasteiger partial charge in [0.2, 0.25) is 11.8 Å². The van der Waals surface area contributed by atoms with Gasteiger partial charge in [-0.15, -0.1) is 0 Å². The Balaban J connectivity index is 2.08. The smallest absolute Gasteiger partial charge is 0.223 e. The summed E-state index contributed by atoms with van der Waals surface area (Å²) in [7, 11) is 1.59. The molecule has 0 saturated carbocycles. The van der Waals surface area contributed by atoms with Crippen LogP contribution in [0.3, 0.4) is 0 Å². The summed E-state index contributed by atoms with van der Waals surface area (Å²) < 4.78 is 5.18. The summed E-state index contributed by atoms with van der Waals surface area (Å²) in [5.74, 6) is 1.91. The molecular formula is C12H16N2O2S. The first-order chi connectivity index (χ1) is 8.24. The van der Waals surface area contributed by atoms with Crippen molar-refractivity contribution in [2.75, 3.05) is 19.4 Å². The second-order valence-corrected chi connectivity index (χ2v) is 4.56. The Labute approximate surface area is 106 Å². The molecule has 1 aliphatic heterocycles. The third-order valence-corrected chi connectivity index (χ3v) is 3.47. The number of thiol groups is 1. The minimum Gasteiger partial charge on any atom is -0.481 e. The van der Waals surface area contributed by atoms with Crippen molar-refractivity contribution in [2.24, 2.45) is 5.92 Å². The molecule has 2 rings (SSSR count). The van der Waals surface area contributed by atoms with Crippen LogP contribution in [0.1, 0.15) is 12.0 Å². The number of ether oxygens (including phenoxy) is 1. The van der Waals surface area contributed by atoms with Crippen molar-refractivity contribution >= 4 is 18.5 Å². The first-order valence-electron chi connectivity index (χ1n) is 5.61. The van der Waals surface area contributed by atoms with Crippen LogP contribution in [-0.4, -0.2) is 35.2 Å².